The Hall–Kier alpha value is -0.990. The van der Waals surface area contributed by atoms with Crippen LogP contribution in [-0.2, 0) is 4.74 Å². The van der Waals surface area contributed by atoms with Gasteiger partial charge < -0.3 is 10.1 Å². The average Bonchev–Trinajstić information content (AvgIpc) is 2.27. The van der Waals surface area contributed by atoms with Gasteiger partial charge in [-0.05, 0) is 13.3 Å². The third kappa shape index (κ3) is 8.33. The molecule has 1 amide bonds. The second-order valence-electron chi connectivity index (χ2n) is 3.91. The van der Waals surface area contributed by atoms with E-state index in [4.69, 9.17) is 4.74 Å². The second kappa shape index (κ2) is 10.5. The number of ether oxygens (including phenoxy) is 1. The van der Waals surface area contributed by atoms with Crippen molar-refractivity contribution >= 4 is 6.09 Å². The minimum atomic E-state index is -0.346. The number of carbonyl (C=O) groups excluding carboxylic acids is 1. The molecule has 0 saturated carbocycles. The lowest BCUT2D eigenvalue weighted by Gasteiger charge is -2.14. The van der Waals surface area contributed by atoms with Gasteiger partial charge in [0.05, 0.1) is 12.6 Å². The largest absolute Gasteiger partial charge is 0.450 e. The number of amides is 1. The molecule has 0 aromatic carbocycles. The summed E-state index contributed by atoms with van der Waals surface area (Å²) in [6, 6.07) is 0.0423. The molecule has 0 spiro atoms. The maximum absolute atomic E-state index is 11.2. The molecule has 0 aliphatic carbocycles. The van der Waals surface area contributed by atoms with Gasteiger partial charge in [-0.15, -0.1) is 6.58 Å². The Morgan fingerprint density at radius 1 is 1.31 bits per heavy atom. The van der Waals surface area contributed by atoms with Gasteiger partial charge in [0.25, 0.3) is 0 Å². The van der Waals surface area contributed by atoms with Crippen LogP contribution in [0.1, 0.15) is 52.4 Å². The minimum absolute atomic E-state index is 0.0423. The van der Waals surface area contributed by atoms with Gasteiger partial charge >= 0.3 is 6.09 Å². The zero-order valence-electron chi connectivity index (χ0n) is 10.6. The summed E-state index contributed by atoms with van der Waals surface area (Å²) in [5, 5.41) is 2.78. The summed E-state index contributed by atoms with van der Waals surface area (Å²) in [6.07, 6.45) is 8.56. The summed E-state index contributed by atoms with van der Waals surface area (Å²) in [7, 11) is 0. The van der Waals surface area contributed by atoms with Crippen molar-refractivity contribution in [1.29, 1.82) is 0 Å². The van der Waals surface area contributed by atoms with Crippen LogP contribution in [-0.4, -0.2) is 18.7 Å². The fourth-order valence-electron chi connectivity index (χ4n) is 1.54. The fraction of sp³-hybridized carbons (Fsp3) is 0.769. The normalized spacial score (nSPS) is 11.9. The van der Waals surface area contributed by atoms with E-state index < -0.39 is 0 Å². The van der Waals surface area contributed by atoms with E-state index in [9.17, 15) is 4.79 Å². The monoisotopic (exact) mass is 227 g/mol. The van der Waals surface area contributed by atoms with Crippen LogP contribution >= 0.6 is 0 Å². The maximum atomic E-state index is 11.2. The molecule has 94 valence electrons. The molecular formula is C13H25NO2. The Morgan fingerprint density at radius 3 is 2.56 bits per heavy atom. The Balaban J connectivity index is 3.58. The Bertz CT molecular complexity index is 192. The molecule has 0 aromatic rings. The molecule has 0 heterocycles. The molecule has 1 atom stereocenters. The topological polar surface area (TPSA) is 38.3 Å². The molecule has 0 aliphatic rings. The molecule has 16 heavy (non-hydrogen) atoms. The van der Waals surface area contributed by atoms with Gasteiger partial charge in [0.15, 0.2) is 0 Å². The zero-order valence-corrected chi connectivity index (χ0v) is 10.6. The van der Waals surface area contributed by atoms with Crippen molar-refractivity contribution in [2.24, 2.45) is 0 Å². The predicted octanol–water partition coefficient (Wildman–Crippen LogP) is 3.65. The van der Waals surface area contributed by atoms with Gasteiger partial charge in [-0.25, -0.2) is 4.79 Å². The van der Waals surface area contributed by atoms with Crippen LogP contribution < -0.4 is 5.32 Å². The summed E-state index contributed by atoms with van der Waals surface area (Å²) in [5.74, 6) is 0. The van der Waals surface area contributed by atoms with Crippen molar-refractivity contribution in [2.45, 2.75) is 58.4 Å². The summed E-state index contributed by atoms with van der Waals surface area (Å²) < 4.78 is 4.82. The molecule has 0 aromatic heterocycles. The van der Waals surface area contributed by atoms with Crippen LogP contribution in [0.25, 0.3) is 0 Å². The van der Waals surface area contributed by atoms with Crippen molar-refractivity contribution in [3.8, 4) is 0 Å². The first-order valence-electron chi connectivity index (χ1n) is 6.30. The second-order valence-corrected chi connectivity index (χ2v) is 3.91. The number of nitrogens with one attached hydrogen (secondary N) is 1. The molecule has 0 rings (SSSR count). The van der Waals surface area contributed by atoms with Gasteiger partial charge in [0.2, 0.25) is 0 Å². The zero-order chi connectivity index (χ0) is 12.2. The summed E-state index contributed by atoms with van der Waals surface area (Å²) >= 11 is 0. The van der Waals surface area contributed by atoms with E-state index in [-0.39, 0.29) is 12.1 Å². The first-order valence-corrected chi connectivity index (χ1v) is 6.30. The average molecular weight is 227 g/mol. The highest BCUT2D eigenvalue weighted by Gasteiger charge is 2.08. The molecule has 3 heteroatoms. The van der Waals surface area contributed by atoms with E-state index in [1.54, 1.807) is 13.0 Å². The van der Waals surface area contributed by atoms with E-state index in [1.807, 2.05) is 0 Å². The van der Waals surface area contributed by atoms with Crippen molar-refractivity contribution in [3.05, 3.63) is 12.7 Å². The van der Waals surface area contributed by atoms with Gasteiger partial charge in [-0.2, -0.15) is 0 Å². The van der Waals surface area contributed by atoms with E-state index in [0.717, 1.165) is 12.8 Å². The van der Waals surface area contributed by atoms with E-state index in [0.29, 0.717) is 6.61 Å². The molecule has 0 aliphatic heterocycles. The molecule has 0 radical (unpaired) electrons. The van der Waals surface area contributed by atoms with Crippen LogP contribution in [0.5, 0.6) is 0 Å². The van der Waals surface area contributed by atoms with Crippen molar-refractivity contribution < 1.29 is 9.53 Å². The Kier molecular flexibility index (Phi) is 9.87. The minimum Gasteiger partial charge on any atom is -0.450 e. The predicted molar refractivity (Wildman–Crippen MR) is 67.5 cm³/mol. The molecule has 0 fully saturated rings. The van der Waals surface area contributed by atoms with Crippen LogP contribution in [0.4, 0.5) is 4.79 Å². The summed E-state index contributed by atoms with van der Waals surface area (Å²) in [4.78, 5) is 11.2. The molecule has 1 unspecified atom stereocenters. The molecule has 0 saturated heterocycles. The van der Waals surface area contributed by atoms with Crippen LogP contribution in [0.2, 0.25) is 0 Å². The fourth-order valence-corrected chi connectivity index (χ4v) is 1.54. The number of carbonyl (C=O) groups is 1. The number of hydrogen-bond acceptors (Lipinski definition) is 2. The molecule has 3 nitrogen and oxygen atoms in total. The maximum Gasteiger partial charge on any atom is 0.407 e. The lowest BCUT2D eigenvalue weighted by Crippen LogP contribution is -2.33. The highest BCUT2D eigenvalue weighted by atomic mass is 16.5. The molecular weight excluding hydrogens is 202 g/mol. The van der Waals surface area contributed by atoms with Crippen LogP contribution in [0.3, 0.4) is 0 Å². The van der Waals surface area contributed by atoms with Crippen LogP contribution in [0, 0.1) is 0 Å². The van der Waals surface area contributed by atoms with E-state index >= 15 is 0 Å². The lowest BCUT2D eigenvalue weighted by atomic mass is 10.1. The molecule has 0 bridgehead atoms. The van der Waals surface area contributed by atoms with Gasteiger partial charge in [-0.3, -0.25) is 0 Å². The first-order chi connectivity index (χ1) is 7.74. The number of alkyl carbamates (subject to hydrolysis) is 1. The molecule has 1 N–H and O–H groups in total. The highest BCUT2D eigenvalue weighted by Crippen LogP contribution is 2.07. The summed E-state index contributed by atoms with van der Waals surface area (Å²) in [5.41, 5.74) is 0. The van der Waals surface area contributed by atoms with Gasteiger partial charge in [-0.1, -0.05) is 45.1 Å². The first kappa shape index (κ1) is 15.0. The highest BCUT2D eigenvalue weighted by molar-refractivity contribution is 5.67. The van der Waals surface area contributed by atoms with Gasteiger partial charge in [0, 0.05) is 0 Å². The van der Waals surface area contributed by atoms with E-state index in [1.165, 1.54) is 25.7 Å². The summed E-state index contributed by atoms with van der Waals surface area (Å²) in [6.45, 7) is 8.13. The SMILES string of the molecule is C=CC(CCCCCCC)NC(=O)OCC. The van der Waals surface area contributed by atoms with E-state index in [2.05, 4.69) is 18.8 Å². The third-order valence-electron chi connectivity index (χ3n) is 2.48. The Morgan fingerprint density at radius 2 is 2.00 bits per heavy atom. The van der Waals surface area contributed by atoms with Gasteiger partial charge in [0.1, 0.15) is 0 Å². The van der Waals surface area contributed by atoms with Crippen molar-refractivity contribution in [3.63, 3.8) is 0 Å². The van der Waals surface area contributed by atoms with Crippen molar-refractivity contribution in [1.82, 2.24) is 5.32 Å². The number of unbranched alkanes of at least 4 members (excludes halogenated alkanes) is 4. The third-order valence-corrected chi connectivity index (χ3v) is 2.48. The Labute approximate surface area is 99.3 Å². The lowest BCUT2D eigenvalue weighted by molar-refractivity contribution is 0.149. The van der Waals surface area contributed by atoms with Crippen LogP contribution in [0.15, 0.2) is 12.7 Å². The number of hydrogen-bond donors (Lipinski definition) is 1. The number of rotatable bonds is 9. The smallest absolute Gasteiger partial charge is 0.407 e. The quantitative estimate of drug-likeness (QED) is 0.482. The van der Waals surface area contributed by atoms with Crippen molar-refractivity contribution in [2.75, 3.05) is 6.61 Å². The standard InChI is InChI=1S/C13H25NO2/c1-4-7-8-9-10-11-12(5-2)14-13(15)16-6-3/h5,12H,2,4,6-11H2,1,3H3,(H,14,15).